The molecule has 0 aromatic heterocycles. The molecule has 3 nitrogen and oxygen atoms in total. The Balaban J connectivity index is 2.86. The van der Waals surface area contributed by atoms with E-state index in [1.807, 2.05) is 0 Å². The minimum Gasteiger partial charge on any atom is -0.226 e. The van der Waals surface area contributed by atoms with Gasteiger partial charge in [0.2, 0.25) is 4.71 Å². The highest BCUT2D eigenvalue weighted by atomic mass is 35.5. The predicted octanol–water partition coefficient (Wildman–Crippen LogP) is 1.69. The monoisotopic (exact) mass is 229 g/mol. The topological polar surface area (TPSA) is 57.9 Å². The lowest BCUT2D eigenvalue weighted by atomic mass is 10.2. The van der Waals surface area contributed by atoms with Gasteiger partial charge in [0.05, 0.1) is 11.8 Å². The normalized spacial score (nSPS) is 13.1. The molecule has 14 heavy (non-hydrogen) atoms. The molecular weight excluding hydrogens is 222 g/mol. The summed E-state index contributed by atoms with van der Waals surface area (Å²) in [6.07, 6.45) is 0. The van der Waals surface area contributed by atoms with E-state index in [0.29, 0.717) is 5.56 Å². The van der Waals surface area contributed by atoms with Gasteiger partial charge in [-0.2, -0.15) is 5.26 Å². The second-order valence-electron chi connectivity index (χ2n) is 2.74. The van der Waals surface area contributed by atoms with Crippen LogP contribution in [0.15, 0.2) is 30.3 Å². The minimum absolute atomic E-state index is 0.199. The number of sulfone groups is 1. The van der Waals surface area contributed by atoms with Crippen LogP contribution in [0, 0.1) is 11.3 Å². The molecule has 74 valence electrons. The molecule has 0 heterocycles. The minimum atomic E-state index is -3.56. The summed E-state index contributed by atoms with van der Waals surface area (Å²) in [5, 5.41) is 8.39. The van der Waals surface area contributed by atoms with E-state index < -0.39 is 14.5 Å². The lowest BCUT2D eigenvalue weighted by Crippen LogP contribution is -2.15. The van der Waals surface area contributed by atoms with Crippen LogP contribution in [-0.2, 0) is 15.6 Å². The van der Waals surface area contributed by atoms with Gasteiger partial charge < -0.3 is 0 Å². The Bertz CT molecular complexity index is 436. The zero-order chi connectivity index (χ0) is 10.6. The third kappa shape index (κ3) is 2.72. The Labute approximate surface area is 87.8 Å². The van der Waals surface area contributed by atoms with Crippen LogP contribution < -0.4 is 0 Å². The Morgan fingerprint density at radius 3 is 2.43 bits per heavy atom. The highest BCUT2D eigenvalue weighted by Crippen LogP contribution is 2.13. The van der Waals surface area contributed by atoms with E-state index in [4.69, 9.17) is 16.9 Å². The van der Waals surface area contributed by atoms with Crippen LogP contribution in [-0.4, -0.2) is 13.1 Å². The predicted molar refractivity (Wildman–Crippen MR) is 54.3 cm³/mol. The molecule has 0 N–H and O–H groups in total. The summed E-state index contributed by atoms with van der Waals surface area (Å²) in [6, 6.07) is 10.1. The van der Waals surface area contributed by atoms with Gasteiger partial charge in [-0.25, -0.2) is 8.42 Å². The lowest BCUT2D eigenvalue weighted by Gasteiger charge is -2.03. The SMILES string of the molecule is N#CC(Cl)S(=O)(=O)Cc1ccccc1. The van der Waals surface area contributed by atoms with Gasteiger partial charge in [0, 0.05) is 0 Å². The summed E-state index contributed by atoms with van der Waals surface area (Å²) in [4.78, 5) is 0. The number of alkyl halides is 1. The summed E-state index contributed by atoms with van der Waals surface area (Å²) in [6.45, 7) is 0. The fraction of sp³-hybridized carbons (Fsp3) is 0.222. The quantitative estimate of drug-likeness (QED) is 0.742. The van der Waals surface area contributed by atoms with Crippen LogP contribution in [0.25, 0.3) is 0 Å². The van der Waals surface area contributed by atoms with Crippen molar-refractivity contribution in [3.8, 4) is 6.07 Å². The van der Waals surface area contributed by atoms with E-state index in [0.717, 1.165) is 0 Å². The van der Waals surface area contributed by atoms with E-state index in [-0.39, 0.29) is 5.75 Å². The molecule has 0 aliphatic heterocycles. The molecular formula is C9H8ClNO2S. The first-order valence-corrected chi connectivity index (χ1v) is 6.00. The maximum absolute atomic E-state index is 11.4. The molecule has 0 aliphatic carbocycles. The summed E-state index contributed by atoms with van der Waals surface area (Å²) < 4.78 is 21.3. The van der Waals surface area contributed by atoms with Gasteiger partial charge in [-0.05, 0) is 5.56 Å². The first-order chi connectivity index (χ1) is 6.56. The van der Waals surface area contributed by atoms with Crippen molar-refractivity contribution in [1.29, 1.82) is 5.26 Å². The third-order valence-corrected chi connectivity index (χ3v) is 4.01. The average molecular weight is 230 g/mol. The molecule has 1 aromatic carbocycles. The van der Waals surface area contributed by atoms with Gasteiger partial charge in [-0.15, -0.1) is 0 Å². The molecule has 0 spiro atoms. The summed E-state index contributed by atoms with van der Waals surface area (Å²) in [5.41, 5.74) is 0.633. The number of hydrogen-bond acceptors (Lipinski definition) is 3. The van der Waals surface area contributed by atoms with Crippen molar-refractivity contribution in [1.82, 2.24) is 0 Å². The fourth-order valence-corrected chi connectivity index (χ4v) is 2.11. The Morgan fingerprint density at radius 1 is 1.36 bits per heavy atom. The van der Waals surface area contributed by atoms with Crippen molar-refractivity contribution in [2.45, 2.75) is 10.5 Å². The van der Waals surface area contributed by atoms with Gasteiger partial charge >= 0.3 is 0 Å². The average Bonchev–Trinajstić information content (AvgIpc) is 2.17. The maximum atomic E-state index is 11.4. The number of rotatable bonds is 3. The number of nitriles is 1. The molecule has 0 saturated carbocycles. The van der Waals surface area contributed by atoms with Gasteiger partial charge in [-0.3, -0.25) is 0 Å². The molecule has 1 unspecified atom stereocenters. The van der Waals surface area contributed by atoms with Gasteiger partial charge in [0.15, 0.2) is 9.84 Å². The van der Waals surface area contributed by atoms with Crippen molar-refractivity contribution >= 4 is 21.4 Å². The molecule has 1 atom stereocenters. The Kier molecular flexibility index (Phi) is 3.50. The number of benzene rings is 1. The van der Waals surface area contributed by atoms with Gasteiger partial charge in [0.1, 0.15) is 0 Å². The molecule has 0 saturated heterocycles. The van der Waals surface area contributed by atoms with E-state index in [1.165, 1.54) is 6.07 Å². The van der Waals surface area contributed by atoms with E-state index >= 15 is 0 Å². The van der Waals surface area contributed by atoms with E-state index in [9.17, 15) is 8.42 Å². The molecule has 0 amide bonds. The standard InChI is InChI=1S/C9H8ClNO2S/c10-9(6-11)14(12,13)7-8-4-2-1-3-5-8/h1-5,9H,7H2. The molecule has 0 radical (unpaired) electrons. The first kappa shape index (κ1) is 11.0. The highest BCUT2D eigenvalue weighted by Gasteiger charge is 2.22. The first-order valence-electron chi connectivity index (χ1n) is 3.85. The van der Waals surface area contributed by atoms with Crippen LogP contribution in [0.5, 0.6) is 0 Å². The highest BCUT2D eigenvalue weighted by molar-refractivity contribution is 7.92. The summed E-state index contributed by atoms with van der Waals surface area (Å²) in [7, 11) is -3.56. The second kappa shape index (κ2) is 4.45. The van der Waals surface area contributed by atoms with Crippen molar-refractivity contribution < 1.29 is 8.42 Å². The third-order valence-electron chi connectivity index (χ3n) is 1.63. The number of nitrogens with zero attached hydrogens (tertiary/aromatic N) is 1. The van der Waals surface area contributed by atoms with Crippen LogP contribution in [0.4, 0.5) is 0 Å². The van der Waals surface area contributed by atoms with Crippen molar-refractivity contribution in [3.05, 3.63) is 35.9 Å². The molecule has 0 bridgehead atoms. The van der Waals surface area contributed by atoms with Crippen LogP contribution >= 0.6 is 11.6 Å². The lowest BCUT2D eigenvalue weighted by molar-refractivity contribution is 0.596. The largest absolute Gasteiger partial charge is 0.226 e. The van der Waals surface area contributed by atoms with Crippen molar-refractivity contribution in [2.75, 3.05) is 0 Å². The van der Waals surface area contributed by atoms with Crippen LogP contribution in [0.3, 0.4) is 0 Å². The smallest absolute Gasteiger partial charge is 0.221 e. The molecule has 1 aromatic rings. The summed E-state index contributed by atoms with van der Waals surface area (Å²) in [5.74, 6) is -0.199. The molecule has 0 aliphatic rings. The molecule has 0 fully saturated rings. The van der Waals surface area contributed by atoms with E-state index in [1.54, 1.807) is 30.3 Å². The zero-order valence-corrected chi connectivity index (χ0v) is 8.79. The van der Waals surface area contributed by atoms with Gasteiger partial charge in [-0.1, -0.05) is 41.9 Å². The van der Waals surface area contributed by atoms with Crippen molar-refractivity contribution in [3.63, 3.8) is 0 Å². The zero-order valence-electron chi connectivity index (χ0n) is 7.22. The molecule has 1 rings (SSSR count). The Hall–Kier alpha value is -1.05. The number of hydrogen-bond donors (Lipinski definition) is 0. The maximum Gasteiger partial charge on any atom is 0.221 e. The van der Waals surface area contributed by atoms with Crippen LogP contribution in [0.2, 0.25) is 0 Å². The van der Waals surface area contributed by atoms with Crippen LogP contribution in [0.1, 0.15) is 5.56 Å². The Morgan fingerprint density at radius 2 is 1.93 bits per heavy atom. The molecule has 5 heteroatoms. The second-order valence-corrected chi connectivity index (χ2v) is 5.52. The van der Waals surface area contributed by atoms with Gasteiger partial charge in [0.25, 0.3) is 0 Å². The number of halogens is 1. The van der Waals surface area contributed by atoms with E-state index in [2.05, 4.69) is 0 Å². The van der Waals surface area contributed by atoms with Crippen molar-refractivity contribution in [2.24, 2.45) is 0 Å². The fourth-order valence-electron chi connectivity index (χ4n) is 0.960. The summed E-state index contributed by atoms with van der Waals surface area (Å²) >= 11 is 5.36.